The van der Waals surface area contributed by atoms with Gasteiger partial charge in [0, 0.05) is 6.04 Å². The third-order valence-electron chi connectivity index (χ3n) is 4.02. The third-order valence-corrected chi connectivity index (χ3v) is 4.02. The Kier molecular flexibility index (Phi) is 5.03. The monoisotopic (exact) mass is 249 g/mol. The van der Waals surface area contributed by atoms with Crippen molar-refractivity contribution in [1.82, 2.24) is 0 Å². The Bertz CT molecular complexity index is 364. The highest BCUT2D eigenvalue weighted by Crippen LogP contribution is 2.28. The average Bonchev–Trinajstić information content (AvgIpc) is 2.59. The van der Waals surface area contributed by atoms with Gasteiger partial charge >= 0.3 is 0 Å². The molecule has 2 heteroatoms. The summed E-state index contributed by atoms with van der Waals surface area (Å²) in [6.45, 7) is 2.26. The molecule has 1 saturated carbocycles. The molecule has 0 aromatic heterocycles. The van der Waals surface area contributed by atoms with Crippen molar-refractivity contribution in [2.75, 3.05) is 5.32 Å². The van der Waals surface area contributed by atoms with E-state index in [4.69, 9.17) is 0 Å². The number of halogens is 1. The summed E-state index contributed by atoms with van der Waals surface area (Å²) < 4.78 is 13.6. The number of rotatable bonds is 4. The lowest BCUT2D eigenvalue weighted by atomic mass is 9.95. The van der Waals surface area contributed by atoms with Crippen molar-refractivity contribution in [3.63, 3.8) is 0 Å². The summed E-state index contributed by atoms with van der Waals surface area (Å²) in [5.41, 5.74) is 0.663. The molecule has 1 aromatic carbocycles. The summed E-state index contributed by atoms with van der Waals surface area (Å²) in [6.07, 6.45) is 8.91. The molecule has 100 valence electrons. The topological polar surface area (TPSA) is 12.0 Å². The second-order valence-corrected chi connectivity index (χ2v) is 5.48. The number of benzene rings is 1. The van der Waals surface area contributed by atoms with Crippen molar-refractivity contribution in [2.24, 2.45) is 5.92 Å². The maximum Gasteiger partial charge on any atom is 0.146 e. The molecular weight excluding hydrogens is 225 g/mol. The van der Waals surface area contributed by atoms with Crippen LogP contribution in [0.2, 0.25) is 0 Å². The van der Waals surface area contributed by atoms with E-state index in [1.165, 1.54) is 51.0 Å². The average molecular weight is 249 g/mol. The Balaban J connectivity index is 1.89. The van der Waals surface area contributed by atoms with Crippen LogP contribution in [0.25, 0.3) is 0 Å². The lowest BCUT2D eigenvalue weighted by molar-refractivity contribution is 0.422. The van der Waals surface area contributed by atoms with E-state index in [0.717, 1.165) is 5.92 Å². The molecule has 1 fully saturated rings. The van der Waals surface area contributed by atoms with Crippen molar-refractivity contribution in [3.8, 4) is 0 Å². The molecule has 0 amide bonds. The molecule has 0 saturated heterocycles. The molecule has 1 aliphatic carbocycles. The molecule has 0 heterocycles. The van der Waals surface area contributed by atoms with Gasteiger partial charge in [0.25, 0.3) is 0 Å². The maximum atomic E-state index is 13.6. The number of hydrogen-bond donors (Lipinski definition) is 1. The SMILES string of the molecule is CCCC1CCCC(Nc2ccccc2F)CC1. The van der Waals surface area contributed by atoms with E-state index in [0.29, 0.717) is 11.7 Å². The molecule has 1 aromatic rings. The molecular formula is C16H24FN. The molecule has 2 rings (SSSR count). The standard InChI is InChI=1S/C16H24FN/c1-2-6-13-7-5-8-14(12-11-13)18-16-10-4-3-9-15(16)17/h3-4,9-10,13-14,18H,2,5-8,11-12H2,1H3. The first-order chi connectivity index (χ1) is 8.79. The first-order valence-electron chi connectivity index (χ1n) is 7.30. The van der Waals surface area contributed by atoms with Gasteiger partial charge < -0.3 is 5.32 Å². The first kappa shape index (κ1) is 13.4. The van der Waals surface area contributed by atoms with E-state index < -0.39 is 0 Å². The minimum atomic E-state index is -0.133. The molecule has 0 radical (unpaired) electrons. The van der Waals surface area contributed by atoms with Crippen molar-refractivity contribution >= 4 is 5.69 Å². The van der Waals surface area contributed by atoms with Crippen LogP contribution in [-0.2, 0) is 0 Å². The Morgan fingerprint density at radius 3 is 2.78 bits per heavy atom. The van der Waals surface area contributed by atoms with Crippen molar-refractivity contribution in [3.05, 3.63) is 30.1 Å². The number of anilines is 1. The second kappa shape index (κ2) is 6.77. The van der Waals surface area contributed by atoms with Gasteiger partial charge in [-0.05, 0) is 37.3 Å². The minimum Gasteiger partial charge on any atom is -0.380 e. The predicted molar refractivity (Wildman–Crippen MR) is 75.3 cm³/mol. The van der Waals surface area contributed by atoms with Crippen molar-refractivity contribution in [2.45, 2.75) is 57.9 Å². The molecule has 1 aliphatic rings. The number of para-hydroxylation sites is 1. The molecule has 2 unspecified atom stereocenters. The van der Waals surface area contributed by atoms with Gasteiger partial charge in [-0.1, -0.05) is 44.7 Å². The van der Waals surface area contributed by atoms with Gasteiger partial charge in [-0.2, -0.15) is 0 Å². The van der Waals surface area contributed by atoms with E-state index in [9.17, 15) is 4.39 Å². The summed E-state index contributed by atoms with van der Waals surface area (Å²) in [5, 5.41) is 3.38. The van der Waals surface area contributed by atoms with Crippen LogP contribution in [0.1, 0.15) is 51.9 Å². The van der Waals surface area contributed by atoms with Gasteiger partial charge in [0.15, 0.2) is 0 Å². The van der Waals surface area contributed by atoms with E-state index in [-0.39, 0.29) is 5.82 Å². The molecule has 2 atom stereocenters. The molecule has 1 nitrogen and oxygen atoms in total. The normalized spacial score (nSPS) is 24.6. The Morgan fingerprint density at radius 2 is 2.00 bits per heavy atom. The largest absolute Gasteiger partial charge is 0.380 e. The fourth-order valence-electron chi connectivity index (χ4n) is 3.02. The predicted octanol–water partition coefficient (Wildman–Crippen LogP) is 4.99. The molecule has 1 N–H and O–H groups in total. The lowest BCUT2D eigenvalue weighted by Crippen LogP contribution is -2.19. The van der Waals surface area contributed by atoms with Crippen LogP contribution in [-0.4, -0.2) is 6.04 Å². The zero-order valence-corrected chi connectivity index (χ0v) is 11.3. The third kappa shape index (κ3) is 3.72. The highest BCUT2D eigenvalue weighted by atomic mass is 19.1. The van der Waals surface area contributed by atoms with Gasteiger partial charge in [-0.3, -0.25) is 0 Å². The van der Waals surface area contributed by atoms with Gasteiger partial charge in [0.2, 0.25) is 0 Å². The summed E-state index contributed by atoms with van der Waals surface area (Å²) in [4.78, 5) is 0. The summed E-state index contributed by atoms with van der Waals surface area (Å²) in [7, 11) is 0. The van der Waals surface area contributed by atoms with E-state index in [1.54, 1.807) is 6.07 Å². The summed E-state index contributed by atoms with van der Waals surface area (Å²) in [5.74, 6) is 0.759. The highest BCUT2D eigenvalue weighted by molar-refractivity contribution is 5.45. The Labute approximate surface area is 110 Å². The van der Waals surface area contributed by atoms with Crippen LogP contribution in [0.4, 0.5) is 10.1 Å². The maximum absolute atomic E-state index is 13.6. The van der Waals surface area contributed by atoms with Gasteiger partial charge in [-0.25, -0.2) is 4.39 Å². The second-order valence-electron chi connectivity index (χ2n) is 5.48. The first-order valence-corrected chi connectivity index (χ1v) is 7.30. The fraction of sp³-hybridized carbons (Fsp3) is 0.625. The van der Waals surface area contributed by atoms with Crippen LogP contribution >= 0.6 is 0 Å². The van der Waals surface area contributed by atoms with Crippen LogP contribution in [0.3, 0.4) is 0 Å². The molecule has 0 aliphatic heterocycles. The van der Waals surface area contributed by atoms with Crippen LogP contribution < -0.4 is 5.32 Å². The van der Waals surface area contributed by atoms with Gasteiger partial charge in [0.05, 0.1) is 5.69 Å². The summed E-state index contributed by atoms with van der Waals surface area (Å²) in [6, 6.07) is 7.44. The van der Waals surface area contributed by atoms with Crippen molar-refractivity contribution < 1.29 is 4.39 Å². The smallest absolute Gasteiger partial charge is 0.146 e. The zero-order valence-electron chi connectivity index (χ0n) is 11.3. The van der Waals surface area contributed by atoms with Gasteiger partial charge in [-0.15, -0.1) is 0 Å². The summed E-state index contributed by atoms with van der Waals surface area (Å²) >= 11 is 0. The van der Waals surface area contributed by atoms with Crippen LogP contribution in [0.15, 0.2) is 24.3 Å². The van der Waals surface area contributed by atoms with E-state index >= 15 is 0 Å². The molecule has 0 spiro atoms. The van der Waals surface area contributed by atoms with Crippen molar-refractivity contribution in [1.29, 1.82) is 0 Å². The fourth-order valence-corrected chi connectivity index (χ4v) is 3.02. The minimum absolute atomic E-state index is 0.133. The molecule has 18 heavy (non-hydrogen) atoms. The quantitative estimate of drug-likeness (QED) is 0.741. The molecule has 0 bridgehead atoms. The van der Waals surface area contributed by atoms with E-state index in [2.05, 4.69) is 12.2 Å². The zero-order chi connectivity index (χ0) is 12.8. The van der Waals surface area contributed by atoms with E-state index in [1.807, 2.05) is 12.1 Å². The van der Waals surface area contributed by atoms with Crippen LogP contribution in [0.5, 0.6) is 0 Å². The lowest BCUT2D eigenvalue weighted by Gasteiger charge is -2.18. The number of nitrogens with one attached hydrogen (secondary N) is 1. The van der Waals surface area contributed by atoms with Crippen LogP contribution in [0, 0.1) is 11.7 Å². The van der Waals surface area contributed by atoms with Gasteiger partial charge in [0.1, 0.15) is 5.82 Å². The highest BCUT2D eigenvalue weighted by Gasteiger charge is 2.18. The number of hydrogen-bond acceptors (Lipinski definition) is 1. The Hall–Kier alpha value is -1.05. The Morgan fingerprint density at radius 1 is 1.17 bits per heavy atom.